The summed E-state index contributed by atoms with van der Waals surface area (Å²) in [6.45, 7) is 11.0. The first-order valence-electron chi connectivity index (χ1n) is 4.85. The molecule has 1 heterocycles. The molecule has 0 bridgehead atoms. The summed E-state index contributed by atoms with van der Waals surface area (Å²) in [5.74, 6) is 0. The van der Waals surface area contributed by atoms with Crippen molar-refractivity contribution in [3.63, 3.8) is 0 Å². The molecule has 0 aromatic rings. The highest BCUT2D eigenvalue weighted by Gasteiger charge is 2.13. The van der Waals surface area contributed by atoms with E-state index in [-0.39, 0.29) is 13.2 Å². The predicted octanol–water partition coefficient (Wildman–Crippen LogP) is 0.751. The minimum atomic E-state index is -0.125. The molecule has 90 valence electrons. The third kappa shape index (κ3) is 31.9. The lowest BCUT2D eigenvalue weighted by Gasteiger charge is -1.89. The summed E-state index contributed by atoms with van der Waals surface area (Å²) >= 11 is 0. The van der Waals surface area contributed by atoms with Gasteiger partial charge in [0.2, 0.25) is 0 Å². The smallest absolute Gasteiger partial charge is 0.0781 e. The van der Waals surface area contributed by atoms with Gasteiger partial charge in [0, 0.05) is 0 Å². The molecule has 1 fully saturated rings. The number of aliphatic hydroxyl groups excluding tert-OH is 2. The van der Waals surface area contributed by atoms with Crippen molar-refractivity contribution in [1.29, 1.82) is 0 Å². The Morgan fingerprint density at radius 1 is 1.27 bits per heavy atom. The van der Waals surface area contributed by atoms with Gasteiger partial charge in [0.25, 0.3) is 0 Å². The highest BCUT2D eigenvalue weighted by Crippen LogP contribution is 2.04. The number of ether oxygens (including phenoxy) is 2. The lowest BCUT2D eigenvalue weighted by molar-refractivity contribution is 0.186. The molecule has 4 heteroatoms. The molecule has 1 aliphatic heterocycles. The molecule has 0 aliphatic carbocycles. The molecule has 2 N–H and O–H groups in total. The molecule has 1 atom stereocenters. The van der Waals surface area contributed by atoms with Crippen LogP contribution in [0.15, 0.2) is 25.3 Å². The summed E-state index contributed by atoms with van der Waals surface area (Å²) in [5, 5.41) is 15.2. The Morgan fingerprint density at radius 3 is 1.73 bits per heavy atom. The minimum absolute atomic E-state index is 0.125. The standard InChI is InChI=1S/C6H10O.C3H6O.C2H6O2/c1-3-5-7-6-4-2;1-3-2-4-3;3-1-2-4/h3-4H,1-2,5-6H2;3H,2H2,1H3;3-4H,1-2H2. The second-order valence-corrected chi connectivity index (χ2v) is 2.71. The van der Waals surface area contributed by atoms with Crippen LogP contribution in [-0.2, 0) is 9.47 Å². The van der Waals surface area contributed by atoms with Crippen molar-refractivity contribution in [2.75, 3.05) is 33.0 Å². The maximum Gasteiger partial charge on any atom is 0.0781 e. The van der Waals surface area contributed by atoms with Crippen molar-refractivity contribution in [2.24, 2.45) is 0 Å². The van der Waals surface area contributed by atoms with Crippen molar-refractivity contribution < 1.29 is 19.7 Å². The molecule has 1 unspecified atom stereocenters. The predicted molar refractivity (Wildman–Crippen MR) is 60.8 cm³/mol. The van der Waals surface area contributed by atoms with Gasteiger partial charge in [-0.3, -0.25) is 0 Å². The second kappa shape index (κ2) is 15.8. The van der Waals surface area contributed by atoms with Gasteiger partial charge in [-0.15, -0.1) is 13.2 Å². The van der Waals surface area contributed by atoms with E-state index in [1.54, 1.807) is 12.2 Å². The Balaban J connectivity index is 0. The van der Waals surface area contributed by atoms with Crippen molar-refractivity contribution in [3.8, 4) is 0 Å². The third-order valence-electron chi connectivity index (χ3n) is 1.07. The van der Waals surface area contributed by atoms with Crippen LogP contribution in [-0.4, -0.2) is 49.4 Å². The Hall–Kier alpha value is -0.680. The molecule has 0 spiro atoms. The van der Waals surface area contributed by atoms with Crippen LogP contribution in [0.25, 0.3) is 0 Å². The summed E-state index contributed by atoms with van der Waals surface area (Å²) in [6.07, 6.45) is 4.01. The molecule has 1 rings (SSSR count). The van der Waals surface area contributed by atoms with Gasteiger partial charge in [0.05, 0.1) is 39.1 Å². The number of hydrogen-bond donors (Lipinski definition) is 2. The van der Waals surface area contributed by atoms with Crippen molar-refractivity contribution in [1.82, 2.24) is 0 Å². The molecular weight excluding hydrogens is 196 g/mol. The van der Waals surface area contributed by atoms with E-state index >= 15 is 0 Å². The SMILES string of the molecule is C=CCOCC=C.CC1CO1.OCCO. The van der Waals surface area contributed by atoms with Crippen LogP contribution < -0.4 is 0 Å². The summed E-state index contributed by atoms with van der Waals surface area (Å²) in [5.41, 5.74) is 0. The largest absolute Gasteiger partial charge is 0.394 e. The number of hydrogen-bond acceptors (Lipinski definition) is 4. The molecule has 0 saturated carbocycles. The van der Waals surface area contributed by atoms with Crippen LogP contribution in [0.1, 0.15) is 6.92 Å². The molecule has 0 aromatic heterocycles. The molecule has 0 radical (unpaired) electrons. The van der Waals surface area contributed by atoms with E-state index in [0.717, 1.165) is 6.61 Å². The normalized spacial score (nSPS) is 16.3. The van der Waals surface area contributed by atoms with Crippen LogP contribution >= 0.6 is 0 Å². The molecule has 0 amide bonds. The fourth-order valence-electron chi connectivity index (χ4n) is 0.331. The zero-order chi connectivity index (χ0) is 11.9. The van der Waals surface area contributed by atoms with Crippen molar-refractivity contribution in [3.05, 3.63) is 25.3 Å². The first kappa shape index (κ1) is 16.7. The van der Waals surface area contributed by atoms with Crippen molar-refractivity contribution in [2.45, 2.75) is 13.0 Å². The fraction of sp³-hybridized carbons (Fsp3) is 0.636. The summed E-state index contributed by atoms with van der Waals surface area (Å²) in [4.78, 5) is 0. The lowest BCUT2D eigenvalue weighted by Crippen LogP contribution is -1.87. The maximum atomic E-state index is 7.62. The molecule has 1 aliphatic rings. The topological polar surface area (TPSA) is 62.2 Å². The first-order chi connectivity index (χ1) is 7.22. The second-order valence-electron chi connectivity index (χ2n) is 2.71. The third-order valence-corrected chi connectivity index (χ3v) is 1.07. The van der Waals surface area contributed by atoms with Gasteiger partial charge in [-0.1, -0.05) is 12.2 Å². The Labute approximate surface area is 91.8 Å². The van der Waals surface area contributed by atoms with E-state index in [4.69, 9.17) is 19.7 Å². The van der Waals surface area contributed by atoms with E-state index in [1.165, 1.54) is 0 Å². The number of epoxide rings is 1. The molecule has 1 saturated heterocycles. The molecule has 4 nitrogen and oxygen atoms in total. The quantitative estimate of drug-likeness (QED) is 0.406. The van der Waals surface area contributed by atoms with Gasteiger partial charge in [-0.25, -0.2) is 0 Å². The van der Waals surface area contributed by atoms with E-state index in [0.29, 0.717) is 19.3 Å². The van der Waals surface area contributed by atoms with Crippen molar-refractivity contribution >= 4 is 0 Å². The van der Waals surface area contributed by atoms with Crippen LogP contribution in [0.2, 0.25) is 0 Å². The Morgan fingerprint density at radius 2 is 1.60 bits per heavy atom. The van der Waals surface area contributed by atoms with Crippen LogP contribution in [0, 0.1) is 0 Å². The van der Waals surface area contributed by atoms with E-state index < -0.39 is 0 Å². The Bertz CT molecular complexity index is 123. The zero-order valence-corrected chi connectivity index (χ0v) is 9.39. The van der Waals surface area contributed by atoms with Gasteiger partial charge < -0.3 is 19.7 Å². The van der Waals surface area contributed by atoms with Crippen LogP contribution in [0.5, 0.6) is 0 Å². The van der Waals surface area contributed by atoms with E-state index in [1.807, 2.05) is 0 Å². The van der Waals surface area contributed by atoms with Gasteiger partial charge in [-0.2, -0.15) is 0 Å². The molecule has 15 heavy (non-hydrogen) atoms. The average molecular weight is 218 g/mol. The van der Waals surface area contributed by atoms with Crippen LogP contribution in [0.3, 0.4) is 0 Å². The zero-order valence-electron chi connectivity index (χ0n) is 9.39. The fourth-order valence-corrected chi connectivity index (χ4v) is 0.331. The number of rotatable bonds is 5. The van der Waals surface area contributed by atoms with E-state index in [9.17, 15) is 0 Å². The van der Waals surface area contributed by atoms with Crippen LogP contribution in [0.4, 0.5) is 0 Å². The number of aliphatic hydroxyl groups is 2. The summed E-state index contributed by atoms with van der Waals surface area (Å²) < 4.78 is 9.60. The van der Waals surface area contributed by atoms with E-state index in [2.05, 4.69) is 20.1 Å². The highest BCUT2D eigenvalue weighted by atomic mass is 16.6. The molecular formula is C11H22O4. The summed E-state index contributed by atoms with van der Waals surface area (Å²) in [6, 6.07) is 0. The summed E-state index contributed by atoms with van der Waals surface area (Å²) in [7, 11) is 0. The van der Waals surface area contributed by atoms with Gasteiger partial charge in [-0.05, 0) is 6.92 Å². The van der Waals surface area contributed by atoms with Gasteiger partial charge >= 0.3 is 0 Å². The van der Waals surface area contributed by atoms with Gasteiger partial charge in [0.1, 0.15) is 0 Å². The first-order valence-corrected chi connectivity index (χ1v) is 4.85. The van der Waals surface area contributed by atoms with Gasteiger partial charge in [0.15, 0.2) is 0 Å². The Kier molecular flexibility index (Phi) is 17.6. The average Bonchev–Trinajstić information content (AvgIpc) is 3.03. The highest BCUT2D eigenvalue weighted by molar-refractivity contribution is 4.68. The lowest BCUT2D eigenvalue weighted by atomic mass is 10.6. The minimum Gasteiger partial charge on any atom is -0.394 e. The molecule has 0 aromatic carbocycles. The monoisotopic (exact) mass is 218 g/mol. The maximum absolute atomic E-state index is 7.62.